The van der Waals surface area contributed by atoms with Gasteiger partial charge in [-0.2, -0.15) is 0 Å². The first-order chi connectivity index (χ1) is 12.3. The maximum Gasteiger partial charge on any atom is 0.339 e. The van der Waals surface area contributed by atoms with Gasteiger partial charge in [-0.05, 0) is 32.8 Å². The van der Waals surface area contributed by atoms with Crippen molar-refractivity contribution in [2.24, 2.45) is 0 Å². The normalized spacial score (nSPS) is 19.4. The first-order valence-electron chi connectivity index (χ1n) is 8.72. The zero-order chi connectivity index (χ0) is 18.9. The van der Waals surface area contributed by atoms with Gasteiger partial charge in [0, 0.05) is 9.75 Å². The summed E-state index contributed by atoms with van der Waals surface area (Å²) in [6.45, 7) is 3.05. The minimum Gasteiger partial charge on any atom is -0.452 e. The molecule has 140 valence electrons. The summed E-state index contributed by atoms with van der Waals surface area (Å²) in [5, 5.41) is 2.35. The summed E-state index contributed by atoms with van der Waals surface area (Å²) in [4.78, 5) is 52.3. The van der Waals surface area contributed by atoms with Gasteiger partial charge < -0.3 is 9.64 Å². The molecule has 8 heteroatoms. The lowest BCUT2D eigenvalue weighted by Crippen LogP contribution is -2.69. The number of amides is 3. The number of carbonyl (C=O) groups excluding carboxylic acids is 4. The van der Waals surface area contributed by atoms with Crippen LogP contribution in [0.25, 0.3) is 0 Å². The molecule has 1 aromatic rings. The fraction of sp³-hybridized carbons (Fsp3) is 0.556. The molecule has 2 aliphatic rings. The molecule has 1 aliphatic carbocycles. The minimum absolute atomic E-state index is 0.182. The largest absolute Gasteiger partial charge is 0.452 e. The summed E-state index contributed by atoms with van der Waals surface area (Å²) in [7, 11) is 0. The number of nitrogens with zero attached hydrogens (tertiary/aromatic N) is 1. The summed E-state index contributed by atoms with van der Waals surface area (Å²) in [5.74, 6) is -1.99. The lowest BCUT2D eigenvalue weighted by molar-refractivity contribution is -0.161. The summed E-state index contributed by atoms with van der Waals surface area (Å²) in [6, 6.07) is 1.73. The standard InChI is InChI=1S/C18H22N2O5S/c1-11-8-13(12(2)26-11)16(23)25-10-15(22)20-9-14(21)19-17(24)18(20)6-4-3-5-7-18/h8H,3-7,9-10H2,1-2H3,(H,19,21,24). The summed E-state index contributed by atoms with van der Waals surface area (Å²) < 4.78 is 5.18. The highest BCUT2D eigenvalue weighted by Gasteiger charge is 2.51. The van der Waals surface area contributed by atoms with Crippen molar-refractivity contribution in [3.05, 3.63) is 21.4 Å². The van der Waals surface area contributed by atoms with Crippen molar-refractivity contribution in [2.45, 2.75) is 51.5 Å². The van der Waals surface area contributed by atoms with E-state index in [1.165, 1.54) is 16.2 Å². The lowest BCUT2D eigenvalue weighted by atomic mass is 9.78. The van der Waals surface area contributed by atoms with Crippen LogP contribution < -0.4 is 5.32 Å². The van der Waals surface area contributed by atoms with Gasteiger partial charge in [0.25, 0.3) is 11.8 Å². The third-order valence-corrected chi connectivity index (χ3v) is 6.03. The van der Waals surface area contributed by atoms with Crippen molar-refractivity contribution in [3.63, 3.8) is 0 Å². The molecule has 3 rings (SSSR count). The van der Waals surface area contributed by atoms with Crippen LogP contribution in [-0.4, -0.2) is 47.3 Å². The van der Waals surface area contributed by atoms with Crippen LogP contribution >= 0.6 is 11.3 Å². The molecule has 0 unspecified atom stereocenters. The molecule has 0 radical (unpaired) electrons. The molecule has 1 saturated heterocycles. The molecular weight excluding hydrogens is 356 g/mol. The number of rotatable bonds is 3. The van der Waals surface area contributed by atoms with Crippen LogP contribution in [0.4, 0.5) is 0 Å². The second kappa shape index (κ2) is 7.19. The minimum atomic E-state index is -0.995. The lowest BCUT2D eigenvalue weighted by Gasteiger charge is -2.47. The molecule has 1 aromatic heterocycles. The Hall–Kier alpha value is -2.22. The maximum absolute atomic E-state index is 12.7. The van der Waals surface area contributed by atoms with Gasteiger partial charge in [-0.3, -0.25) is 19.7 Å². The van der Waals surface area contributed by atoms with Crippen LogP contribution in [0.2, 0.25) is 0 Å². The maximum atomic E-state index is 12.7. The van der Waals surface area contributed by atoms with Crippen LogP contribution in [0, 0.1) is 13.8 Å². The molecule has 3 amide bonds. The van der Waals surface area contributed by atoms with Crippen molar-refractivity contribution < 1.29 is 23.9 Å². The first-order valence-corrected chi connectivity index (χ1v) is 9.54. The summed E-state index contributed by atoms with van der Waals surface area (Å²) in [6.07, 6.45) is 3.68. The number of esters is 1. The molecular formula is C18H22N2O5S. The molecule has 2 heterocycles. The SMILES string of the molecule is Cc1cc(C(=O)OCC(=O)N2CC(=O)NC(=O)C23CCCCC3)c(C)s1. The Labute approximate surface area is 155 Å². The molecule has 1 aliphatic heterocycles. The first kappa shape index (κ1) is 18.6. The van der Waals surface area contributed by atoms with Crippen molar-refractivity contribution >= 4 is 35.0 Å². The molecule has 0 aromatic carbocycles. The van der Waals surface area contributed by atoms with Gasteiger partial charge in [0.05, 0.1) is 5.56 Å². The second-order valence-electron chi connectivity index (χ2n) is 6.85. The Morgan fingerprint density at radius 1 is 1.23 bits per heavy atom. The van der Waals surface area contributed by atoms with E-state index in [9.17, 15) is 19.2 Å². The van der Waals surface area contributed by atoms with Crippen molar-refractivity contribution in [3.8, 4) is 0 Å². The van der Waals surface area contributed by atoms with Crippen LogP contribution in [-0.2, 0) is 19.1 Å². The Balaban J connectivity index is 1.72. The zero-order valence-corrected chi connectivity index (χ0v) is 15.7. The Morgan fingerprint density at radius 2 is 1.92 bits per heavy atom. The number of ether oxygens (including phenoxy) is 1. The van der Waals surface area contributed by atoms with Crippen molar-refractivity contribution in [1.82, 2.24) is 10.2 Å². The van der Waals surface area contributed by atoms with Crippen LogP contribution in [0.3, 0.4) is 0 Å². The Kier molecular flexibility index (Phi) is 5.13. The van der Waals surface area contributed by atoms with Crippen molar-refractivity contribution in [1.29, 1.82) is 0 Å². The van der Waals surface area contributed by atoms with E-state index in [1.807, 2.05) is 13.8 Å². The molecule has 1 N–H and O–H groups in total. The van der Waals surface area contributed by atoms with E-state index >= 15 is 0 Å². The number of thiophene rings is 1. The number of nitrogens with one attached hydrogen (secondary N) is 1. The van der Waals surface area contributed by atoms with E-state index in [2.05, 4.69) is 5.32 Å². The predicted octanol–water partition coefficient (Wildman–Crippen LogP) is 1.71. The molecule has 2 fully saturated rings. The third-order valence-electron chi connectivity index (χ3n) is 5.06. The van der Waals surface area contributed by atoms with E-state index in [0.29, 0.717) is 18.4 Å². The number of aryl methyl sites for hydroxylation is 2. The molecule has 0 atom stereocenters. The average Bonchev–Trinajstić information content (AvgIpc) is 2.95. The van der Waals surface area contributed by atoms with Crippen LogP contribution in [0.15, 0.2) is 6.07 Å². The highest BCUT2D eigenvalue weighted by Crippen LogP contribution is 2.35. The van der Waals surface area contributed by atoms with E-state index < -0.39 is 35.8 Å². The highest BCUT2D eigenvalue weighted by atomic mass is 32.1. The second-order valence-corrected chi connectivity index (χ2v) is 8.31. The van der Waals surface area contributed by atoms with Crippen LogP contribution in [0.5, 0.6) is 0 Å². The number of hydrogen-bond acceptors (Lipinski definition) is 6. The smallest absolute Gasteiger partial charge is 0.339 e. The third kappa shape index (κ3) is 3.38. The fourth-order valence-electron chi connectivity index (χ4n) is 3.78. The van der Waals surface area contributed by atoms with Gasteiger partial charge in [-0.1, -0.05) is 19.3 Å². The van der Waals surface area contributed by atoms with Crippen LogP contribution in [0.1, 0.15) is 52.2 Å². The zero-order valence-electron chi connectivity index (χ0n) is 14.9. The van der Waals surface area contributed by atoms with Crippen molar-refractivity contribution in [2.75, 3.05) is 13.2 Å². The Bertz CT molecular complexity index is 764. The van der Waals surface area contributed by atoms with Gasteiger partial charge in [0.1, 0.15) is 12.1 Å². The molecule has 26 heavy (non-hydrogen) atoms. The quantitative estimate of drug-likeness (QED) is 0.638. The van der Waals surface area contributed by atoms with Gasteiger partial charge in [-0.25, -0.2) is 4.79 Å². The number of hydrogen-bond donors (Lipinski definition) is 1. The van der Waals surface area contributed by atoms with Gasteiger partial charge in [-0.15, -0.1) is 11.3 Å². The fourth-order valence-corrected chi connectivity index (χ4v) is 4.69. The summed E-state index contributed by atoms with van der Waals surface area (Å²) in [5.41, 5.74) is -0.551. The average molecular weight is 378 g/mol. The molecule has 1 saturated carbocycles. The van der Waals surface area contributed by atoms with E-state index in [1.54, 1.807) is 6.07 Å². The topological polar surface area (TPSA) is 92.8 Å². The number of carbonyl (C=O) groups is 4. The van der Waals surface area contributed by atoms with Gasteiger partial charge in [0.15, 0.2) is 6.61 Å². The number of imide groups is 1. The van der Waals surface area contributed by atoms with E-state index in [0.717, 1.165) is 29.0 Å². The monoisotopic (exact) mass is 378 g/mol. The molecule has 0 bridgehead atoms. The highest BCUT2D eigenvalue weighted by molar-refractivity contribution is 7.12. The molecule has 7 nitrogen and oxygen atoms in total. The van der Waals surface area contributed by atoms with E-state index in [-0.39, 0.29) is 6.54 Å². The van der Waals surface area contributed by atoms with E-state index in [4.69, 9.17) is 4.74 Å². The number of piperazine rings is 1. The Morgan fingerprint density at radius 3 is 2.54 bits per heavy atom. The summed E-state index contributed by atoms with van der Waals surface area (Å²) >= 11 is 1.48. The predicted molar refractivity (Wildman–Crippen MR) is 94.8 cm³/mol. The molecule has 1 spiro atoms. The van der Waals surface area contributed by atoms with Gasteiger partial charge >= 0.3 is 5.97 Å². The van der Waals surface area contributed by atoms with Gasteiger partial charge in [0.2, 0.25) is 5.91 Å².